The minimum atomic E-state index is -0.318. The van der Waals surface area contributed by atoms with E-state index in [2.05, 4.69) is 76.2 Å². The second kappa shape index (κ2) is 42.5. The molecule has 24 heteroatoms. The van der Waals surface area contributed by atoms with E-state index in [1.165, 1.54) is 78.1 Å². The molecule has 1 unspecified atom stereocenters. The van der Waals surface area contributed by atoms with Gasteiger partial charge in [-0.25, -0.2) is 0 Å². The fourth-order valence-electron chi connectivity index (χ4n) is 9.72. The molecule has 0 heterocycles. The van der Waals surface area contributed by atoms with Crippen molar-refractivity contribution < 1.29 is 29.5 Å². The van der Waals surface area contributed by atoms with Crippen molar-refractivity contribution in [1.82, 2.24) is 0 Å². The van der Waals surface area contributed by atoms with Crippen molar-refractivity contribution in [2.45, 2.75) is 251 Å². The SMILES string of the molecule is CC(C)(C)c1ccc(SCc2ccccc2)c([N+](=O)[O-])c1.CC(C)Sc1ccc(C(C)(C)C)cc1[N+](=O)[O-].CCCCC(CC)CSc1ccc(C(C)(C)C)cc1[N+](=O)[O-].CSc1ccc(C(C)(C)C)cc1[N+](=O)[O-].CSc1ccc(C(C)(C)C)cc1[N+](=O)[O-].CSc1ccc(C(C)(C)C)cc1[N+](=O)[O-]. The Kier molecular flexibility index (Phi) is 38.1. The molecule has 0 aromatic heterocycles. The van der Waals surface area contributed by atoms with Crippen LogP contribution in [0.25, 0.3) is 0 Å². The molecular weight excluding hydrogens is 1440 g/mol. The second-order valence-electron chi connectivity index (χ2n) is 31.4. The number of benzene rings is 7. The first-order chi connectivity index (χ1) is 48.5. The third-order valence-electron chi connectivity index (χ3n) is 16.4. The standard InChI is InChI=1S/C18H29NO2S.C17H19NO2S.C13H19NO2S.3C11H15NO2S/c1-6-8-9-14(7-2)13-22-17-11-10-15(18(3,4)5)12-16(17)19(20)21;1-17(2,3)14-9-10-16(15(11-14)18(19)20)21-12-13-7-5-4-6-8-13;1-9(2)17-12-7-6-10(13(3,4)5)8-11(12)14(15)16;3*1-11(2,3)8-5-6-10(15-4)9(7-8)12(13)14/h10-12,14H,6-9,13H2,1-5H3;4-11H,12H2,1-3H3;6-9H,1-5H3;3*5-7H,1-4H3. The normalized spacial score (nSPS) is 11.9. The van der Waals surface area contributed by atoms with Gasteiger partial charge in [-0.15, -0.1) is 70.6 Å². The molecule has 7 rings (SSSR count). The summed E-state index contributed by atoms with van der Waals surface area (Å²) < 4.78 is 0. The first-order valence-corrected chi connectivity index (χ1v) is 41.3. The fourth-order valence-corrected chi connectivity index (χ4v) is 14.5. The van der Waals surface area contributed by atoms with Crippen molar-refractivity contribution in [2.75, 3.05) is 24.5 Å². The van der Waals surface area contributed by atoms with Gasteiger partial charge < -0.3 is 0 Å². The van der Waals surface area contributed by atoms with Crippen LogP contribution >= 0.6 is 70.6 Å². The summed E-state index contributed by atoms with van der Waals surface area (Å²) in [6.45, 7) is 45.5. The summed E-state index contributed by atoms with van der Waals surface area (Å²) in [5, 5.41) is 66.7. The molecule has 18 nitrogen and oxygen atoms in total. The van der Waals surface area contributed by atoms with Gasteiger partial charge in [0.2, 0.25) is 0 Å². The van der Waals surface area contributed by atoms with Crippen molar-refractivity contribution in [3.8, 4) is 0 Å². The zero-order chi connectivity index (χ0) is 80.3. The van der Waals surface area contributed by atoms with Crippen molar-refractivity contribution in [3.63, 3.8) is 0 Å². The maximum absolute atomic E-state index is 11.4. The van der Waals surface area contributed by atoms with Crippen LogP contribution in [0.2, 0.25) is 0 Å². The molecule has 105 heavy (non-hydrogen) atoms. The summed E-state index contributed by atoms with van der Waals surface area (Å²) in [6.07, 6.45) is 10.3. The van der Waals surface area contributed by atoms with E-state index in [1.54, 1.807) is 48.2 Å². The number of nitrogens with zero attached hydrogens (tertiary/aromatic N) is 6. The van der Waals surface area contributed by atoms with E-state index in [0.29, 0.717) is 25.9 Å². The molecule has 0 bridgehead atoms. The van der Waals surface area contributed by atoms with E-state index in [1.807, 2.05) is 198 Å². The Bertz CT molecular complexity index is 3840. The lowest BCUT2D eigenvalue weighted by atomic mass is 9.87. The molecule has 0 aliphatic rings. The topological polar surface area (TPSA) is 259 Å². The van der Waals surface area contributed by atoms with Gasteiger partial charge >= 0.3 is 0 Å². The van der Waals surface area contributed by atoms with Crippen LogP contribution in [0.4, 0.5) is 34.1 Å². The number of rotatable bonds is 21. The van der Waals surface area contributed by atoms with Crippen LogP contribution in [0.1, 0.15) is 217 Å². The highest BCUT2D eigenvalue weighted by molar-refractivity contribution is 8.00. The van der Waals surface area contributed by atoms with Gasteiger partial charge in [-0.3, -0.25) is 60.7 Å². The quantitative estimate of drug-likeness (QED) is 0.0368. The average molecular weight is 1550 g/mol. The van der Waals surface area contributed by atoms with E-state index in [4.69, 9.17) is 0 Å². The molecule has 1 atom stereocenters. The van der Waals surface area contributed by atoms with Gasteiger partial charge in [0.15, 0.2) is 0 Å². The first-order valence-electron chi connectivity index (χ1n) is 34.8. The Morgan fingerprint density at radius 1 is 0.343 bits per heavy atom. The van der Waals surface area contributed by atoms with Crippen LogP contribution in [-0.4, -0.2) is 59.3 Å². The van der Waals surface area contributed by atoms with Gasteiger partial charge in [-0.05, 0) is 139 Å². The lowest BCUT2D eigenvalue weighted by Crippen LogP contribution is -2.11. The third kappa shape index (κ3) is 32.2. The second-order valence-corrected chi connectivity index (χ2v) is 37.7. The molecule has 0 amide bonds. The lowest BCUT2D eigenvalue weighted by Gasteiger charge is -2.19. The summed E-state index contributed by atoms with van der Waals surface area (Å²) in [5.41, 5.74) is 8.03. The van der Waals surface area contributed by atoms with E-state index >= 15 is 0 Å². The third-order valence-corrected chi connectivity index (χ3v) is 22.3. The number of hydrogen-bond donors (Lipinski definition) is 0. The molecule has 0 N–H and O–H groups in total. The Hall–Kier alpha value is -6.96. The Labute approximate surface area is 650 Å². The predicted octanol–water partition coefficient (Wildman–Crippen LogP) is 26.6. The van der Waals surface area contributed by atoms with Crippen molar-refractivity contribution in [2.24, 2.45) is 5.92 Å². The van der Waals surface area contributed by atoms with Gasteiger partial charge in [0.05, 0.1) is 58.9 Å². The summed E-state index contributed by atoms with van der Waals surface area (Å²) >= 11 is 8.88. The fraction of sp³-hybridized carbons (Fsp3) is 0.481. The number of nitro groups is 6. The van der Waals surface area contributed by atoms with Crippen molar-refractivity contribution >= 4 is 105 Å². The zero-order valence-corrected chi connectivity index (χ0v) is 71.1. The number of nitro benzene ring substituents is 6. The lowest BCUT2D eigenvalue weighted by molar-refractivity contribution is -0.388. The predicted molar refractivity (Wildman–Crippen MR) is 447 cm³/mol. The molecule has 0 aliphatic heterocycles. The van der Waals surface area contributed by atoms with Crippen LogP contribution < -0.4 is 0 Å². The Morgan fingerprint density at radius 2 is 0.590 bits per heavy atom. The van der Waals surface area contributed by atoms with Gasteiger partial charge in [-0.2, -0.15) is 0 Å². The highest BCUT2D eigenvalue weighted by Crippen LogP contribution is 2.41. The number of unbranched alkanes of at least 4 members (excludes halogenated alkanes) is 1. The van der Waals surface area contributed by atoms with Crippen molar-refractivity contribution in [3.05, 3.63) is 239 Å². The largest absolute Gasteiger partial charge is 0.283 e. The monoisotopic (exact) mass is 1550 g/mol. The summed E-state index contributed by atoms with van der Waals surface area (Å²) in [7, 11) is 0. The molecule has 0 radical (unpaired) electrons. The van der Waals surface area contributed by atoms with Crippen LogP contribution in [0.5, 0.6) is 0 Å². The van der Waals surface area contributed by atoms with Gasteiger partial charge in [0.1, 0.15) is 0 Å². The van der Waals surface area contributed by atoms with Crippen LogP contribution in [-0.2, 0) is 38.2 Å². The van der Waals surface area contributed by atoms with Crippen LogP contribution in [0.3, 0.4) is 0 Å². The Morgan fingerprint density at radius 3 is 0.829 bits per heavy atom. The maximum Gasteiger partial charge on any atom is 0.283 e. The zero-order valence-electron chi connectivity index (χ0n) is 66.2. The van der Waals surface area contributed by atoms with Gasteiger partial charge in [-0.1, -0.05) is 238 Å². The van der Waals surface area contributed by atoms with Crippen LogP contribution in [0.15, 0.2) is 169 Å². The molecule has 7 aromatic rings. The molecule has 0 saturated heterocycles. The molecule has 0 saturated carbocycles. The Balaban J connectivity index is 0.000000431. The molecule has 7 aromatic carbocycles. The summed E-state index contributed by atoms with van der Waals surface area (Å²) in [4.78, 5) is 68.9. The minimum Gasteiger partial charge on any atom is -0.258 e. The number of hydrogen-bond acceptors (Lipinski definition) is 18. The van der Waals surface area contributed by atoms with E-state index in [0.717, 1.165) is 71.6 Å². The molecule has 574 valence electrons. The van der Waals surface area contributed by atoms with Crippen LogP contribution in [0, 0.1) is 66.6 Å². The number of thioether (sulfide) groups is 6. The van der Waals surface area contributed by atoms with E-state index < -0.39 is 0 Å². The maximum atomic E-state index is 11.4. The van der Waals surface area contributed by atoms with Gasteiger partial charge in [0.25, 0.3) is 34.1 Å². The summed E-state index contributed by atoms with van der Waals surface area (Å²) in [6, 6.07) is 43.1. The van der Waals surface area contributed by atoms with Crippen molar-refractivity contribution in [1.29, 1.82) is 0 Å². The molecular formula is C81H112N6O12S6. The first kappa shape index (κ1) is 94.1. The molecule has 0 spiro atoms. The van der Waals surface area contributed by atoms with E-state index in [-0.39, 0.29) is 96.2 Å². The smallest absolute Gasteiger partial charge is 0.258 e. The highest BCUT2D eigenvalue weighted by Gasteiger charge is 2.27. The average Bonchev–Trinajstić information content (AvgIpc) is 0.855. The molecule has 0 aliphatic carbocycles. The molecule has 0 fully saturated rings. The minimum absolute atomic E-state index is 0.0539. The van der Waals surface area contributed by atoms with E-state index in [9.17, 15) is 60.7 Å². The van der Waals surface area contributed by atoms with Gasteiger partial charge in [0, 0.05) is 53.2 Å². The highest BCUT2D eigenvalue weighted by atomic mass is 32.2. The summed E-state index contributed by atoms with van der Waals surface area (Å²) in [5.74, 6) is 2.34.